The highest BCUT2D eigenvalue weighted by Crippen LogP contribution is 2.31. The number of benzene rings is 2. The van der Waals surface area contributed by atoms with Gasteiger partial charge in [-0.25, -0.2) is 4.79 Å². The third-order valence-corrected chi connectivity index (χ3v) is 4.30. The van der Waals surface area contributed by atoms with Gasteiger partial charge >= 0.3 is 12.1 Å². The van der Waals surface area contributed by atoms with Crippen LogP contribution < -0.4 is 0 Å². The minimum absolute atomic E-state index is 0.0344. The molecular weight excluding hydrogens is 413 g/mol. The van der Waals surface area contributed by atoms with Crippen LogP contribution in [0.1, 0.15) is 27.4 Å². The molecule has 0 bridgehead atoms. The number of hydrogen-bond acceptors (Lipinski definition) is 6. The van der Waals surface area contributed by atoms with Gasteiger partial charge in [-0.2, -0.15) is 23.3 Å². The average Bonchev–Trinajstić information content (AvgIpc) is 3.42. The Labute approximate surface area is 174 Å². The van der Waals surface area contributed by atoms with Crippen LogP contribution in [0, 0.1) is 0 Å². The van der Waals surface area contributed by atoms with Crippen molar-refractivity contribution in [3.05, 3.63) is 89.6 Å². The molecule has 0 aliphatic rings. The van der Waals surface area contributed by atoms with Gasteiger partial charge in [-0.1, -0.05) is 47.6 Å². The topological polar surface area (TPSA) is 83.0 Å². The Balaban J connectivity index is 1.37. The predicted octanol–water partition coefficient (Wildman–Crippen LogP) is 4.36. The first-order chi connectivity index (χ1) is 14.9. The van der Waals surface area contributed by atoms with E-state index < -0.39 is 17.7 Å². The van der Waals surface area contributed by atoms with Crippen molar-refractivity contribution in [1.82, 2.24) is 19.9 Å². The molecule has 4 aromatic rings. The zero-order valence-electron chi connectivity index (χ0n) is 15.9. The van der Waals surface area contributed by atoms with Crippen LogP contribution in [0.4, 0.5) is 13.2 Å². The second-order valence-corrected chi connectivity index (χ2v) is 6.58. The molecule has 0 fully saturated rings. The third kappa shape index (κ3) is 4.97. The molecule has 7 nitrogen and oxygen atoms in total. The first-order valence-electron chi connectivity index (χ1n) is 9.12. The molecule has 0 atom stereocenters. The highest BCUT2D eigenvalue weighted by atomic mass is 19.4. The molecule has 0 amide bonds. The van der Waals surface area contributed by atoms with Crippen LogP contribution in [-0.4, -0.2) is 25.9 Å². The molecule has 0 N–H and O–H groups in total. The fraction of sp³-hybridized carbons (Fsp3) is 0.143. The standard InChI is InChI=1S/C21H15F3N4O3/c22-21(23,24)17-8-4-7-15(9-17)19-26-18(31-27-19)13-30-20(29)16-10-25-28(12-16)11-14-5-2-1-3-6-14/h1-10,12H,11,13H2. The van der Waals surface area contributed by atoms with E-state index in [0.717, 1.165) is 17.7 Å². The number of halogens is 3. The van der Waals surface area contributed by atoms with Gasteiger partial charge in [-0.3, -0.25) is 4.68 Å². The van der Waals surface area contributed by atoms with Crippen LogP contribution in [0.5, 0.6) is 0 Å². The predicted molar refractivity (Wildman–Crippen MR) is 102 cm³/mol. The third-order valence-electron chi connectivity index (χ3n) is 4.30. The maximum atomic E-state index is 12.9. The maximum absolute atomic E-state index is 12.9. The zero-order valence-corrected chi connectivity index (χ0v) is 15.9. The molecule has 0 spiro atoms. The van der Waals surface area contributed by atoms with E-state index in [2.05, 4.69) is 15.2 Å². The van der Waals surface area contributed by atoms with Gasteiger partial charge in [0.2, 0.25) is 5.82 Å². The van der Waals surface area contributed by atoms with Crippen LogP contribution in [-0.2, 0) is 24.1 Å². The van der Waals surface area contributed by atoms with Crippen molar-refractivity contribution in [1.29, 1.82) is 0 Å². The summed E-state index contributed by atoms with van der Waals surface area (Å²) in [5, 5.41) is 7.78. The van der Waals surface area contributed by atoms with E-state index in [1.165, 1.54) is 18.3 Å². The van der Waals surface area contributed by atoms with Gasteiger partial charge < -0.3 is 9.26 Å². The molecular formula is C21H15F3N4O3. The number of carbonyl (C=O) groups is 1. The Bertz CT molecular complexity index is 1190. The molecule has 0 saturated heterocycles. The first-order valence-corrected chi connectivity index (χ1v) is 9.12. The number of ether oxygens (including phenoxy) is 1. The van der Waals surface area contributed by atoms with Crippen LogP contribution >= 0.6 is 0 Å². The number of aromatic nitrogens is 4. The second-order valence-electron chi connectivity index (χ2n) is 6.58. The fourth-order valence-electron chi connectivity index (χ4n) is 2.80. The summed E-state index contributed by atoms with van der Waals surface area (Å²) in [5.74, 6) is -0.719. The maximum Gasteiger partial charge on any atom is 0.416 e. The smallest absolute Gasteiger partial charge is 0.416 e. The summed E-state index contributed by atoms with van der Waals surface area (Å²) in [6.07, 6.45) is -1.55. The quantitative estimate of drug-likeness (QED) is 0.425. The van der Waals surface area contributed by atoms with E-state index in [1.807, 2.05) is 30.3 Å². The minimum atomic E-state index is -4.48. The van der Waals surface area contributed by atoms with Gasteiger partial charge in [0.25, 0.3) is 5.89 Å². The van der Waals surface area contributed by atoms with Crippen molar-refractivity contribution in [2.75, 3.05) is 0 Å². The minimum Gasteiger partial charge on any atom is -0.452 e. The number of carbonyl (C=O) groups excluding carboxylic acids is 1. The number of hydrogen-bond donors (Lipinski definition) is 0. The number of alkyl halides is 3. The molecule has 2 heterocycles. The van der Waals surface area contributed by atoms with Crippen molar-refractivity contribution in [3.8, 4) is 11.4 Å². The lowest BCUT2D eigenvalue weighted by molar-refractivity contribution is -0.137. The van der Waals surface area contributed by atoms with E-state index in [4.69, 9.17) is 9.26 Å². The molecule has 0 aliphatic carbocycles. The molecule has 10 heteroatoms. The lowest BCUT2D eigenvalue weighted by Crippen LogP contribution is -2.05. The van der Waals surface area contributed by atoms with Crippen molar-refractivity contribution in [2.24, 2.45) is 0 Å². The monoisotopic (exact) mass is 428 g/mol. The summed E-state index contributed by atoms with van der Waals surface area (Å²) >= 11 is 0. The van der Waals surface area contributed by atoms with Crippen molar-refractivity contribution in [3.63, 3.8) is 0 Å². The van der Waals surface area contributed by atoms with E-state index in [1.54, 1.807) is 10.9 Å². The van der Waals surface area contributed by atoms with Gasteiger partial charge in [0.15, 0.2) is 6.61 Å². The summed E-state index contributed by atoms with van der Waals surface area (Å²) in [7, 11) is 0. The van der Waals surface area contributed by atoms with Gasteiger partial charge in [-0.05, 0) is 17.7 Å². The second kappa shape index (κ2) is 8.42. The molecule has 0 unspecified atom stereocenters. The van der Waals surface area contributed by atoms with Gasteiger partial charge in [-0.15, -0.1) is 0 Å². The van der Waals surface area contributed by atoms with Gasteiger partial charge in [0.05, 0.1) is 23.9 Å². The van der Waals surface area contributed by atoms with Crippen molar-refractivity contribution >= 4 is 5.97 Å². The van der Waals surface area contributed by atoms with E-state index in [9.17, 15) is 18.0 Å². The highest BCUT2D eigenvalue weighted by molar-refractivity contribution is 5.88. The largest absolute Gasteiger partial charge is 0.452 e. The summed E-state index contributed by atoms with van der Waals surface area (Å²) in [5.41, 5.74) is 0.584. The molecule has 31 heavy (non-hydrogen) atoms. The molecule has 158 valence electrons. The van der Waals surface area contributed by atoms with E-state index in [-0.39, 0.29) is 29.4 Å². The molecule has 2 aromatic heterocycles. The summed E-state index contributed by atoms with van der Waals surface area (Å²) in [6, 6.07) is 14.2. The van der Waals surface area contributed by atoms with Crippen molar-refractivity contribution < 1.29 is 27.2 Å². The molecule has 0 aliphatic heterocycles. The Hall–Kier alpha value is -3.95. The lowest BCUT2D eigenvalue weighted by atomic mass is 10.1. The van der Waals surface area contributed by atoms with Crippen LogP contribution in [0.25, 0.3) is 11.4 Å². The van der Waals surface area contributed by atoms with Gasteiger partial charge in [0.1, 0.15) is 0 Å². The first kappa shape index (κ1) is 20.3. The summed E-state index contributed by atoms with van der Waals surface area (Å²) < 4.78 is 50.3. The molecule has 2 aromatic carbocycles. The highest BCUT2D eigenvalue weighted by Gasteiger charge is 2.30. The Morgan fingerprint density at radius 2 is 1.90 bits per heavy atom. The number of nitrogens with zero attached hydrogens (tertiary/aromatic N) is 4. The lowest BCUT2D eigenvalue weighted by Gasteiger charge is -2.06. The number of rotatable bonds is 6. The van der Waals surface area contributed by atoms with Crippen LogP contribution in [0.3, 0.4) is 0 Å². The average molecular weight is 428 g/mol. The molecule has 4 rings (SSSR count). The van der Waals surface area contributed by atoms with Crippen LogP contribution in [0.15, 0.2) is 71.5 Å². The van der Waals surface area contributed by atoms with E-state index >= 15 is 0 Å². The Morgan fingerprint density at radius 3 is 2.68 bits per heavy atom. The summed E-state index contributed by atoms with van der Waals surface area (Å²) in [6.45, 7) is 0.173. The molecule has 0 radical (unpaired) electrons. The Morgan fingerprint density at radius 1 is 1.10 bits per heavy atom. The Kier molecular flexibility index (Phi) is 5.52. The van der Waals surface area contributed by atoms with E-state index in [0.29, 0.717) is 6.54 Å². The molecule has 0 saturated carbocycles. The van der Waals surface area contributed by atoms with Gasteiger partial charge in [0, 0.05) is 11.8 Å². The van der Waals surface area contributed by atoms with Crippen LogP contribution in [0.2, 0.25) is 0 Å². The summed E-state index contributed by atoms with van der Waals surface area (Å²) in [4.78, 5) is 16.2. The normalized spacial score (nSPS) is 11.5. The number of esters is 1. The fourth-order valence-corrected chi connectivity index (χ4v) is 2.80. The SMILES string of the molecule is O=C(OCc1nc(-c2cccc(C(F)(F)F)c2)no1)c1cnn(Cc2ccccc2)c1. The zero-order chi connectivity index (χ0) is 21.8. The van der Waals surface area contributed by atoms with Crippen molar-refractivity contribution in [2.45, 2.75) is 19.3 Å².